The predicted molar refractivity (Wildman–Crippen MR) is 161 cm³/mol. The van der Waals surface area contributed by atoms with Crippen molar-refractivity contribution in [2.24, 2.45) is 0 Å². The number of hydrogen-bond donors (Lipinski definition) is 1. The van der Waals surface area contributed by atoms with Crippen molar-refractivity contribution in [1.82, 2.24) is 4.98 Å². The molecule has 6 rings (SSSR count). The van der Waals surface area contributed by atoms with E-state index in [1.54, 1.807) is 18.5 Å². The highest BCUT2D eigenvalue weighted by Crippen LogP contribution is 2.30. The fourth-order valence-electron chi connectivity index (χ4n) is 6.17. The first-order chi connectivity index (χ1) is 27.6. The first-order valence-corrected chi connectivity index (χ1v) is 15.4. The molecule has 3 nitrogen and oxygen atoms in total. The fraction of sp³-hybridized carbons (Fsp3) is 0.0286. The van der Waals surface area contributed by atoms with Crippen molar-refractivity contribution in [2.75, 3.05) is 0 Å². The number of phenolic OH excluding ortho intramolecular Hbond substituents is 1. The maximum Gasteiger partial charge on any atom is 0.200 e. The molecule has 1 aromatic heterocycles. The van der Waals surface area contributed by atoms with Crippen molar-refractivity contribution in [3.05, 3.63) is 171 Å². The first-order valence-electron chi connectivity index (χ1n) is 15.4. The van der Waals surface area contributed by atoms with E-state index < -0.39 is 144 Å². The summed E-state index contributed by atoms with van der Waals surface area (Å²) in [4.78, 5) is 3.93. The van der Waals surface area contributed by atoms with Crippen LogP contribution in [0, 0.1) is 116 Å². The molecule has 0 aliphatic carbocycles. The number of benzene rings is 5. The second-order valence-electron chi connectivity index (χ2n) is 11.8. The molecule has 0 spiro atoms. The predicted octanol–water partition coefficient (Wildman–Crippen LogP) is 6.97. The molecule has 0 bridgehead atoms. The van der Waals surface area contributed by atoms with E-state index in [1.807, 2.05) is 35.2 Å². The SMILES string of the molecule is Fc1c(F)c(F)c([B-](c2c(F)c(F)c(F)c(F)c2F)(c2c(F)c(F)c(F)c(F)c2F)c2c(F)c(F)c(F)c(F)c2F)c(F)c1F.Oc1ccccc1C[n+]1ccncc1. The summed E-state index contributed by atoms with van der Waals surface area (Å²) in [5, 5.41) is 9.54. The van der Waals surface area contributed by atoms with Gasteiger partial charge < -0.3 is 5.11 Å². The molecule has 59 heavy (non-hydrogen) atoms. The van der Waals surface area contributed by atoms with Crippen molar-refractivity contribution in [1.29, 1.82) is 0 Å². The Kier molecular flexibility index (Phi) is 12.0. The van der Waals surface area contributed by atoms with E-state index >= 15 is 35.1 Å². The van der Waals surface area contributed by atoms with Gasteiger partial charge in [0.15, 0.2) is 88.7 Å². The van der Waals surface area contributed by atoms with Crippen LogP contribution in [0.5, 0.6) is 5.75 Å². The van der Waals surface area contributed by atoms with Gasteiger partial charge in [0, 0.05) is 0 Å². The van der Waals surface area contributed by atoms with Crippen LogP contribution in [0.2, 0.25) is 0 Å². The van der Waals surface area contributed by atoms with Crippen molar-refractivity contribution in [3.63, 3.8) is 0 Å². The second kappa shape index (κ2) is 16.1. The molecule has 0 atom stereocenters. The number of nitrogens with zero attached hydrogens (tertiary/aromatic N) is 2. The molecule has 0 saturated heterocycles. The van der Waals surface area contributed by atoms with E-state index in [0.717, 1.165) is 5.56 Å². The maximum absolute atomic E-state index is 15.4. The third kappa shape index (κ3) is 6.82. The minimum atomic E-state index is -7.22. The molecule has 310 valence electrons. The van der Waals surface area contributed by atoms with Gasteiger partial charge in [0.2, 0.25) is 0 Å². The van der Waals surface area contributed by atoms with Crippen molar-refractivity contribution < 1.29 is 97.5 Å². The molecule has 0 aliphatic rings. The molecule has 0 saturated carbocycles. The lowest BCUT2D eigenvalue weighted by atomic mass is 9.12. The van der Waals surface area contributed by atoms with Crippen molar-refractivity contribution >= 4 is 28.0 Å². The van der Waals surface area contributed by atoms with E-state index in [2.05, 4.69) is 4.98 Å². The number of hydrogen-bond acceptors (Lipinski definition) is 2. The van der Waals surface area contributed by atoms with E-state index in [1.165, 1.54) is 0 Å². The molecule has 6 aromatic rings. The summed E-state index contributed by atoms with van der Waals surface area (Å²) in [7, 11) is 0. The Bertz CT molecular complexity index is 2280. The zero-order chi connectivity index (χ0) is 44.2. The normalized spacial score (nSPS) is 11.5. The van der Waals surface area contributed by atoms with Crippen LogP contribution in [-0.2, 0) is 6.54 Å². The number of phenols is 1. The van der Waals surface area contributed by atoms with Gasteiger partial charge in [-0.2, -0.15) is 4.57 Å². The average molecular weight is 866 g/mol. The summed E-state index contributed by atoms with van der Waals surface area (Å²) in [5.74, 6) is -71.1. The number of halogens is 20. The summed E-state index contributed by atoms with van der Waals surface area (Å²) < 4.78 is 296. The topological polar surface area (TPSA) is 37.0 Å². The van der Waals surface area contributed by atoms with Gasteiger partial charge in [-0.25, -0.2) is 87.8 Å². The molecular formula is C35H11BF20N2O. The number of aromatic hydroxyl groups is 1. The summed E-state index contributed by atoms with van der Waals surface area (Å²) in [6, 6.07) is 7.33. The molecule has 24 heteroatoms. The highest BCUT2D eigenvalue weighted by Gasteiger charge is 2.52. The fourth-order valence-corrected chi connectivity index (χ4v) is 6.17. The molecule has 1 heterocycles. The molecule has 0 amide bonds. The molecule has 0 fully saturated rings. The maximum atomic E-state index is 15.4. The second-order valence-corrected chi connectivity index (χ2v) is 11.8. The van der Waals surface area contributed by atoms with Crippen LogP contribution in [0.15, 0.2) is 49.1 Å². The zero-order valence-corrected chi connectivity index (χ0v) is 27.8. The van der Waals surface area contributed by atoms with E-state index in [-0.39, 0.29) is 0 Å². The van der Waals surface area contributed by atoms with Gasteiger partial charge in [-0.1, -0.05) is 12.1 Å². The van der Waals surface area contributed by atoms with Crippen molar-refractivity contribution in [3.8, 4) is 5.75 Å². The number of aromatic nitrogens is 2. The molecule has 5 aromatic carbocycles. The monoisotopic (exact) mass is 866 g/mol. The lowest BCUT2D eigenvalue weighted by Gasteiger charge is -2.44. The van der Waals surface area contributed by atoms with Crippen molar-refractivity contribution in [2.45, 2.75) is 6.54 Å². The molecule has 0 radical (unpaired) electrons. The van der Waals surface area contributed by atoms with Gasteiger partial charge in [-0.15, -0.1) is 21.9 Å². The van der Waals surface area contributed by atoms with Gasteiger partial charge in [-0.3, -0.25) is 4.98 Å². The number of rotatable bonds is 6. The van der Waals surface area contributed by atoms with Crippen LogP contribution >= 0.6 is 0 Å². The summed E-state index contributed by atoms with van der Waals surface area (Å²) in [5.41, 5.74) is -13.4. The van der Waals surface area contributed by atoms with E-state index in [9.17, 15) is 57.8 Å². The Labute approximate surface area is 314 Å². The third-order valence-corrected chi connectivity index (χ3v) is 8.74. The largest absolute Gasteiger partial charge is 0.507 e. The average Bonchev–Trinajstić information content (AvgIpc) is 3.22. The Hall–Kier alpha value is -6.36. The van der Waals surface area contributed by atoms with Crippen LogP contribution in [-0.4, -0.2) is 16.2 Å². The van der Waals surface area contributed by atoms with Crippen LogP contribution in [0.1, 0.15) is 5.56 Å². The van der Waals surface area contributed by atoms with Gasteiger partial charge in [-0.05, 0) is 12.1 Å². The van der Waals surface area contributed by atoms with Gasteiger partial charge in [0.1, 0.15) is 58.4 Å². The number of para-hydroxylation sites is 1. The molecule has 0 aliphatic heterocycles. The Morgan fingerprint density at radius 1 is 0.373 bits per heavy atom. The Balaban J connectivity index is 0.000000395. The highest BCUT2D eigenvalue weighted by molar-refractivity contribution is 7.20. The van der Waals surface area contributed by atoms with Crippen LogP contribution in [0.3, 0.4) is 0 Å². The standard InChI is InChI=1S/C24BF20.C11H10N2O/c26-5-1(6(27)14(35)21(42)13(5)34)25(2-7(28)15(36)22(43)16(37)8(2)29,3-9(30)17(38)23(44)18(39)10(3)31)4-11(32)19(40)24(45)20(41)12(4)33;14-11-4-2-1-3-10(11)9-13-7-5-12-6-8-13/h;1-8H,9H2/q-1;/p+1. The Morgan fingerprint density at radius 2 is 0.610 bits per heavy atom. The Morgan fingerprint density at radius 3 is 0.864 bits per heavy atom. The minimum Gasteiger partial charge on any atom is -0.507 e. The smallest absolute Gasteiger partial charge is 0.200 e. The van der Waals surface area contributed by atoms with Gasteiger partial charge in [0.05, 0.1) is 18.0 Å². The van der Waals surface area contributed by atoms with E-state index in [0.29, 0.717) is 12.3 Å². The highest BCUT2D eigenvalue weighted by atomic mass is 19.2. The van der Waals surface area contributed by atoms with E-state index in [4.69, 9.17) is 0 Å². The van der Waals surface area contributed by atoms with Crippen LogP contribution in [0.4, 0.5) is 87.8 Å². The molecule has 1 N–H and O–H groups in total. The van der Waals surface area contributed by atoms with Crippen LogP contribution in [0.25, 0.3) is 0 Å². The van der Waals surface area contributed by atoms with Gasteiger partial charge >= 0.3 is 0 Å². The summed E-state index contributed by atoms with van der Waals surface area (Å²) >= 11 is 0. The van der Waals surface area contributed by atoms with Crippen LogP contribution < -0.4 is 26.4 Å². The third-order valence-electron chi connectivity index (χ3n) is 8.74. The van der Waals surface area contributed by atoms with Gasteiger partial charge in [0.25, 0.3) is 0 Å². The molecule has 0 unspecified atom stereocenters. The molecular weight excluding hydrogens is 855 g/mol. The zero-order valence-electron chi connectivity index (χ0n) is 27.8. The lowest BCUT2D eigenvalue weighted by Crippen LogP contribution is -2.81. The summed E-state index contributed by atoms with van der Waals surface area (Å²) in [6.45, 7) is 0.662. The lowest BCUT2D eigenvalue weighted by molar-refractivity contribution is -0.688. The quantitative estimate of drug-likeness (QED) is 0.0647. The first kappa shape index (κ1) is 43.8. The minimum absolute atomic E-state index is 0.330. The summed E-state index contributed by atoms with van der Waals surface area (Å²) in [6.07, 6.45) is -0.0376.